The number of nitrogens with zero attached hydrogens (tertiary/aromatic N) is 1. The average Bonchev–Trinajstić information content (AvgIpc) is 2.59. The number of hydrogen-bond acceptors (Lipinski definition) is 4. The van der Waals surface area contributed by atoms with Crippen LogP contribution in [0.15, 0.2) is 24.3 Å². The number of nitrogens with one attached hydrogen (secondary N) is 1. The molecule has 0 saturated carbocycles. The van der Waals surface area contributed by atoms with E-state index in [1.807, 2.05) is 14.1 Å². The highest BCUT2D eigenvalue weighted by molar-refractivity contribution is 5.46. The zero-order valence-electron chi connectivity index (χ0n) is 14.1. The number of ether oxygens (including phenoxy) is 1. The maximum atomic E-state index is 6.21. The molecule has 118 valence electrons. The van der Waals surface area contributed by atoms with Gasteiger partial charge in [0.15, 0.2) is 0 Å². The lowest BCUT2D eigenvalue weighted by molar-refractivity contribution is -0.0779. The van der Waals surface area contributed by atoms with Gasteiger partial charge in [0.2, 0.25) is 0 Å². The van der Waals surface area contributed by atoms with Gasteiger partial charge in [-0.1, -0.05) is 12.1 Å². The Morgan fingerprint density at radius 2 is 1.76 bits per heavy atom. The first-order chi connectivity index (χ1) is 9.66. The van der Waals surface area contributed by atoms with E-state index >= 15 is 0 Å². The van der Waals surface area contributed by atoms with Gasteiger partial charge in [-0.25, -0.2) is 0 Å². The lowest BCUT2D eigenvalue weighted by atomic mass is 9.79. The number of nitrogens with two attached hydrogens (primary N) is 1. The molecule has 2 unspecified atom stereocenters. The van der Waals surface area contributed by atoms with Gasteiger partial charge in [-0.05, 0) is 51.8 Å². The lowest BCUT2D eigenvalue weighted by Crippen LogP contribution is -2.41. The molecule has 0 radical (unpaired) electrons. The number of hydrogen-bond donors (Lipinski definition) is 2. The van der Waals surface area contributed by atoms with Gasteiger partial charge >= 0.3 is 0 Å². The predicted molar refractivity (Wildman–Crippen MR) is 88.2 cm³/mol. The topological polar surface area (TPSA) is 50.5 Å². The molecule has 2 rings (SSSR count). The zero-order valence-corrected chi connectivity index (χ0v) is 14.1. The zero-order chi connectivity index (χ0) is 15.8. The second-order valence-electron chi connectivity index (χ2n) is 7.41. The highest BCUT2D eigenvalue weighted by Crippen LogP contribution is 2.47. The molecule has 0 bridgehead atoms. The minimum atomic E-state index is -0.194. The van der Waals surface area contributed by atoms with Crippen LogP contribution < -0.4 is 16.2 Å². The second-order valence-corrected chi connectivity index (χ2v) is 7.41. The molecular weight excluding hydrogens is 262 g/mol. The van der Waals surface area contributed by atoms with E-state index in [9.17, 15) is 0 Å². The van der Waals surface area contributed by atoms with Crippen molar-refractivity contribution in [2.75, 3.05) is 19.0 Å². The highest BCUT2D eigenvalue weighted by atomic mass is 16.5. The third-order valence-electron chi connectivity index (χ3n) is 4.49. The van der Waals surface area contributed by atoms with Gasteiger partial charge in [0.25, 0.3) is 0 Å². The van der Waals surface area contributed by atoms with Crippen LogP contribution in [0.4, 0.5) is 5.69 Å². The molecule has 1 fully saturated rings. The molecule has 0 aliphatic carbocycles. The van der Waals surface area contributed by atoms with Crippen molar-refractivity contribution in [3.05, 3.63) is 29.8 Å². The summed E-state index contributed by atoms with van der Waals surface area (Å²) in [4.78, 5) is 2.10. The number of hydrazine groups is 1. The van der Waals surface area contributed by atoms with Gasteiger partial charge in [0, 0.05) is 25.7 Å². The standard InChI is InChI=1S/C17H29N3O/c1-16(2)11-14(17(3,4)21-16)15(19-18)12-7-9-13(10-8-12)20(5)6/h7-10,14-15,19H,11,18H2,1-6H3. The minimum Gasteiger partial charge on any atom is -0.378 e. The van der Waals surface area contributed by atoms with E-state index in [0.29, 0.717) is 5.92 Å². The van der Waals surface area contributed by atoms with E-state index in [-0.39, 0.29) is 17.2 Å². The van der Waals surface area contributed by atoms with Crippen molar-refractivity contribution >= 4 is 5.69 Å². The summed E-state index contributed by atoms with van der Waals surface area (Å²) in [6.45, 7) is 8.62. The molecule has 1 aliphatic heterocycles. The van der Waals surface area contributed by atoms with Crippen molar-refractivity contribution in [1.29, 1.82) is 0 Å². The molecule has 21 heavy (non-hydrogen) atoms. The van der Waals surface area contributed by atoms with Crippen molar-refractivity contribution in [1.82, 2.24) is 5.43 Å². The number of anilines is 1. The quantitative estimate of drug-likeness (QED) is 0.661. The maximum Gasteiger partial charge on any atom is 0.0681 e. The molecule has 1 saturated heterocycles. The number of benzene rings is 1. The first-order valence-electron chi connectivity index (χ1n) is 7.60. The monoisotopic (exact) mass is 291 g/mol. The van der Waals surface area contributed by atoms with Crippen LogP contribution in [0.1, 0.15) is 45.7 Å². The van der Waals surface area contributed by atoms with Gasteiger partial charge in [0.05, 0.1) is 17.2 Å². The van der Waals surface area contributed by atoms with Crippen LogP contribution in [0.5, 0.6) is 0 Å². The van der Waals surface area contributed by atoms with E-state index in [1.54, 1.807) is 0 Å². The first kappa shape index (κ1) is 16.3. The van der Waals surface area contributed by atoms with Crippen LogP contribution in [0.3, 0.4) is 0 Å². The van der Waals surface area contributed by atoms with E-state index in [1.165, 1.54) is 11.3 Å². The van der Waals surface area contributed by atoms with Crippen molar-refractivity contribution in [2.24, 2.45) is 11.8 Å². The third kappa shape index (κ3) is 3.39. The summed E-state index contributed by atoms with van der Waals surface area (Å²) < 4.78 is 6.21. The molecule has 0 amide bonds. The molecule has 1 aromatic carbocycles. The molecule has 4 nitrogen and oxygen atoms in total. The van der Waals surface area contributed by atoms with Crippen molar-refractivity contribution in [3.63, 3.8) is 0 Å². The largest absolute Gasteiger partial charge is 0.378 e. The Morgan fingerprint density at radius 1 is 1.19 bits per heavy atom. The molecule has 4 heteroatoms. The van der Waals surface area contributed by atoms with Crippen molar-refractivity contribution in [2.45, 2.75) is 51.4 Å². The fourth-order valence-electron chi connectivity index (χ4n) is 3.55. The van der Waals surface area contributed by atoms with Gasteiger partial charge < -0.3 is 9.64 Å². The first-order valence-corrected chi connectivity index (χ1v) is 7.60. The predicted octanol–water partition coefficient (Wildman–Crippen LogP) is 2.85. The van der Waals surface area contributed by atoms with Gasteiger partial charge in [-0.3, -0.25) is 11.3 Å². The van der Waals surface area contributed by atoms with Crippen LogP contribution in [0.2, 0.25) is 0 Å². The Balaban J connectivity index is 2.27. The molecule has 1 aromatic rings. The Hall–Kier alpha value is -1.10. The maximum absolute atomic E-state index is 6.21. The molecule has 0 aromatic heterocycles. The van der Waals surface area contributed by atoms with Crippen LogP contribution in [-0.2, 0) is 4.74 Å². The molecule has 2 atom stereocenters. The van der Waals surface area contributed by atoms with Crippen LogP contribution in [-0.4, -0.2) is 25.3 Å². The van der Waals surface area contributed by atoms with Crippen LogP contribution in [0.25, 0.3) is 0 Å². The van der Waals surface area contributed by atoms with E-state index < -0.39 is 0 Å². The second kappa shape index (κ2) is 5.59. The number of rotatable bonds is 4. The SMILES string of the molecule is CN(C)c1ccc(C(NN)C2CC(C)(C)OC2(C)C)cc1. The fourth-order valence-corrected chi connectivity index (χ4v) is 3.55. The smallest absolute Gasteiger partial charge is 0.0681 e. The van der Waals surface area contributed by atoms with E-state index in [2.05, 4.69) is 62.3 Å². The van der Waals surface area contributed by atoms with Crippen LogP contribution in [0, 0.1) is 5.92 Å². The fraction of sp³-hybridized carbons (Fsp3) is 0.647. The van der Waals surface area contributed by atoms with Gasteiger partial charge in [-0.15, -0.1) is 0 Å². The molecule has 0 spiro atoms. The lowest BCUT2D eigenvalue weighted by Gasteiger charge is -2.33. The Bertz CT molecular complexity index is 479. The molecule has 3 N–H and O–H groups in total. The third-order valence-corrected chi connectivity index (χ3v) is 4.49. The Kier molecular flexibility index (Phi) is 4.34. The summed E-state index contributed by atoms with van der Waals surface area (Å²) in [6.07, 6.45) is 0.990. The average molecular weight is 291 g/mol. The summed E-state index contributed by atoms with van der Waals surface area (Å²) >= 11 is 0. The van der Waals surface area contributed by atoms with Crippen molar-refractivity contribution in [3.8, 4) is 0 Å². The normalized spacial score (nSPS) is 24.8. The van der Waals surface area contributed by atoms with E-state index in [4.69, 9.17) is 10.6 Å². The van der Waals surface area contributed by atoms with E-state index in [0.717, 1.165) is 6.42 Å². The summed E-state index contributed by atoms with van der Waals surface area (Å²) in [5.41, 5.74) is 5.11. The summed E-state index contributed by atoms with van der Waals surface area (Å²) in [7, 11) is 4.09. The Labute approximate surface area is 128 Å². The summed E-state index contributed by atoms with van der Waals surface area (Å²) in [6, 6.07) is 8.67. The minimum absolute atomic E-state index is 0.0954. The van der Waals surface area contributed by atoms with Gasteiger partial charge in [-0.2, -0.15) is 0 Å². The highest BCUT2D eigenvalue weighted by Gasteiger charge is 2.49. The van der Waals surface area contributed by atoms with Crippen molar-refractivity contribution < 1.29 is 4.74 Å². The molecule has 1 heterocycles. The van der Waals surface area contributed by atoms with Crippen LogP contribution >= 0.6 is 0 Å². The summed E-state index contributed by atoms with van der Waals surface area (Å²) in [5.74, 6) is 6.21. The molecular formula is C17H29N3O. The molecule has 1 aliphatic rings. The Morgan fingerprint density at radius 3 is 2.14 bits per heavy atom. The summed E-state index contributed by atoms with van der Waals surface area (Å²) in [5, 5.41) is 0. The van der Waals surface area contributed by atoms with Gasteiger partial charge in [0.1, 0.15) is 0 Å².